The number of phenolic OH excluding ortho intramolecular Hbond substituents is 1. The normalized spacial score (nSPS) is 11.4. The molecule has 1 N–H and O–H groups in total. The van der Waals surface area contributed by atoms with Crippen molar-refractivity contribution >= 4 is 5.71 Å². The zero-order chi connectivity index (χ0) is 10.4. The molecule has 0 amide bonds. The van der Waals surface area contributed by atoms with E-state index in [0.29, 0.717) is 5.75 Å². The van der Waals surface area contributed by atoms with E-state index in [9.17, 15) is 0 Å². The summed E-state index contributed by atoms with van der Waals surface area (Å²) < 4.78 is 0. The van der Waals surface area contributed by atoms with Gasteiger partial charge in [0.2, 0.25) is 0 Å². The van der Waals surface area contributed by atoms with Gasteiger partial charge in [-0.25, -0.2) is 0 Å². The third-order valence-electron chi connectivity index (χ3n) is 1.96. The van der Waals surface area contributed by atoms with Crippen LogP contribution in [0.3, 0.4) is 0 Å². The highest BCUT2D eigenvalue weighted by atomic mass is 16.6. The van der Waals surface area contributed by atoms with Gasteiger partial charge in [0.15, 0.2) is 0 Å². The number of phenols is 1. The fourth-order valence-corrected chi connectivity index (χ4v) is 1.19. The highest BCUT2D eigenvalue weighted by molar-refractivity contribution is 5.81. The van der Waals surface area contributed by atoms with Crippen LogP contribution in [-0.2, 0) is 11.3 Å². The van der Waals surface area contributed by atoms with Crippen molar-refractivity contribution in [3.05, 3.63) is 29.8 Å². The molecular formula is C11H15NO2. The Morgan fingerprint density at radius 2 is 2.00 bits per heavy atom. The summed E-state index contributed by atoms with van der Waals surface area (Å²) in [5, 5.41) is 12.9. The lowest BCUT2D eigenvalue weighted by atomic mass is 10.3. The van der Waals surface area contributed by atoms with E-state index in [0.717, 1.165) is 18.6 Å². The molecule has 0 aliphatic carbocycles. The Labute approximate surface area is 84.0 Å². The van der Waals surface area contributed by atoms with Gasteiger partial charge in [0.1, 0.15) is 12.9 Å². The summed E-state index contributed by atoms with van der Waals surface area (Å²) in [5.41, 5.74) is 2.16. The monoisotopic (exact) mass is 205 g/mol. The Kier molecular flexibility index (Phi) is 3.98. The van der Waals surface area contributed by atoms with Gasteiger partial charge in [-0.05, 0) is 37.5 Å². The standard InChI is InChI=1S/C11H15NO2/c1-9(12-14-2)3-4-10-5-7-11(13)8-6-10/h5-8,13H,3-4H2,1-2H3/b12-9+/i5+2,6+2,7+2,8+2,10+2,11+2. The zero-order valence-electron chi connectivity index (χ0n) is 8.53. The number of benzene rings is 1. The fourth-order valence-electron chi connectivity index (χ4n) is 1.19. The molecule has 0 saturated heterocycles. The third kappa shape index (κ3) is 3.47. The highest BCUT2D eigenvalue weighted by Crippen LogP contribution is 2.11. The van der Waals surface area contributed by atoms with Crippen molar-refractivity contribution in [2.75, 3.05) is 7.11 Å². The van der Waals surface area contributed by atoms with Crippen LogP contribution in [0.4, 0.5) is 0 Å². The maximum Gasteiger partial charge on any atom is 0.115 e. The van der Waals surface area contributed by atoms with Gasteiger partial charge in [0, 0.05) is 0 Å². The molecule has 0 aliphatic rings. The second-order valence-corrected chi connectivity index (χ2v) is 3.18. The molecule has 0 aromatic heterocycles. The molecule has 0 saturated carbocycles. The van der Waals surface area contributed by atoms with Gasteiger partial charge in [0.25, 0.3) is 0 Å². The SMILES string of the molecule is CO/N=C(\C)CC[14c]1[14cH][14cH][14c](O)[14cH][14cH]1. The van der Waals surface area contributed by atoms with Crippen LogP contribution in [0.1, 0.15) is 18.9 Å². The minimum atomic E-state index is 0.302. The van der Waals surface area contributed by atoms with E-state index >= 15 is 0 Å². The van der Waals surface area contributed by atoms with Crippen molar-refractivity contribution in [2.45, 2.75) is 19.8 Å². The lowest BCUT2D eigenvalue weighted by molar-refractivity contribution is 0.212. The molecule has 76 valence electrons. The number of nitrogens with zero attached hydrogens (tertiary/aromatic N) is 1. The molecule has 3 heteroatoms. The van der Waals surface area contributed by atoms with Crippen LogP contribution in [-0.4, -0.2) is 17.9 Å². The second-order valence-electron chi connectivity index (χ2n) is 3.18. The summed E-state index contributed by atoms with van der Waals surface area (Å²) in [6.45, 7) is 1.93. The van der Waals surface area contributed by atoms with Crippen LogP contribution in [0, 0.1) is 0 Å². The van der Waals surface area contributed by atoms with Gasteiger partial charge in [0.05, 0.1) is 5.71 Å². The fraction of sp³-hybridized carbons (Fsp3) is 0.364. The van der Waals surface area contributed by atoms with E-state index in [-0.39, 0.29) is 0 Å². The van der Waals surface area contributed by atoms with Crippen LogP contribution in [0.25, 0.3) is 0 Å². The molecular weight excluding hydrogens is 190 g/mol. The quantitative estimate of drug-likeness (QED) is 0.605. The molecule has 3 nitrogen and oxygen atoms in total. The Balaban J connectivity index is 2.46. The Hall–Kier alpha value is -1.51. The van der Waals surface area contributed by atoms with Crippen molar-refractivity contribution < 1.29 is 9.94 Å². The molecule has 14 heavy (non-hydrogen) atoms. The number of aryl methyl sites for hydroxylation is 1. The van der Waals surface area contributed by atoms with Crippen molar-refractivity contribution in [1.82, 2.24) is 0 Å². The molecule has 0 heterocycles. The first-order chi connectivity index (χ1) is 6.72. The molecule has 0 atom stereocenters. The number of aromatic hydroxyl groups is 1. The van der Waals surface area contributed by atoms with E-state index < -0.39 is 0 Å². The largest absolute Gasteiger partial charge is 0.508 e. The van der Waals surface area contributed by atoms with Crippen molar-refractivity contribution in [2.24, 2.45) is 5.16 Å². The number of rotatable bonds is 4. The van der Waals surface area contributed by atoms with Crippen LogP contribution < -0.4 is 0 Å². The highest BCUT2D eigenvalue weighted by Gasteiger charge is 1.96. The van der Waals surface area contributed by atoms with Crippen molar-refractivity contribution in [3.63, 3.8) is 0 Å². The van der Waals surface area contributed by atoms with E-state index in [4.69, 9.17) is 5.11 Å². The molecule has 0 radical (unpaired) electrons. The maximum atomic E-state index is 9.07. The summed E-state index contributed by atoms with van der Waals surface area (Å²) in [4.78, 5) is 4.66. The summed E-state index contributed by atoms with van der Waals surface area (Å²) in [7, 11) is 1.55. The predicted octanol–water partition coefficient (Wildman–Crippen LogP) is 2.35. The lowest BCUT2D eigenvalue weighted by Crippen LogP contribution is -1.95. The van der Waals surface area contributed by atoms with E-state index in [1.54, 1.807) is 19.2 Å². The summed E-state index contributed by atoms with van der Waals surface area (Å²) >= 11 is 0. The van der Waals surface area contributed by atoms with E-state index in [2.05, 4.69) is 9.99 Å². The van der Waals surface area contributed by atoms with Gasteiger partial charge in [-0.2, -0.15) is 0 Å². The van der Waals surface area contributed by atoms with Gasteiger partial charge in [-0.3, -0.25) is 0 Å². The van der Waals surface area contributed by atoms with Crippen LogP contribution >= 0.6 is 0 Å². The van der Waals surface area contributed by atoms with Crippen LogP contribution in [0.2, 0.25) is 0 Å². The number of hydrogen-bond acceptors (Lipinski definition) is 3. The molecule has 0 bridgehead atoms. The molecule has 0 unspecified atom stereocenters. The number of hydrogen-bond donors (Lipinski definition) is 1. The minimum absolute atomic E-state index is 0.302. The first-order valence-corrected chi connectivity index (χ1v) is 4.57. The van der Waals surface area contributed by atoms with Crippen LogP contribution in [0.15, 0.2) is 29.4 Å². The molecule has 1 aromatic rings. The van der Waals surface area contributed by atoms with E-state index in [1.807, 2.05) is 19.1 Å². The van der Waals surface area contributed by atoms with Gasteiger partial charge < -0.3 is 9.94 Å². The minimum Gasteiger partial charge on any atom is -0.508 e. The van der Waals surface area contributed by atoms with Gasteiger partial charge >= 0.3 is 0 Å². The summed E-state index contributed by atoms with van der Waals surface area (Å²) in [5.74, 6) is 0.302. The van der Waals surface area contributed by atoms with Crippen molar-refractivity contribution in [3.8, 4) is 5.75 Å². The average molecular weight is 205 g/mol. The molecule has 1 rings (SSSR count). The smallest absolute Gasteiger partial charge is 0.115 e. The average Bonchev–Trinajstić information content (AvgIpc) is 2.17. The second kappa shape index (κ2) is 5.27. The number of oxime groups is 1. The molecule has 1 aromatic carbocycles. The Bertz CT molecular complexity index is 304. The van der Waals surface area contributed by atoms with E-state index in [1.165, 1.54) is 5.56 Å². The van der Waals surface area contributed by atoms with Gasteiger partial charge in [-0.15, -0.1) is 0 Å². The Morgan fingerprint density at radius 1 is 1.36 bits per heavy atom. The molecule has 0 spiro atoms. The maximum absolute atomic E-state index is 9.07. The lowest BCUT2D eigenvalue weighted by Gasteiger charge is -2.01. The van der Waals surface area contributed by atoms with Crippen LogP contribution in [0.5, 0.6) is 5.75 Å². The van der Waals surface area contributed by atoms with Gasteiger partial charge in [-0.1, -0.05) is 17.3 Å². The third-order valence-corrected chi connectivity index (χ3v) is 1.96. The molecule has 0 aliphatic heterocycles. The summed E-state index contributed by atoms with van der Waals surface area (Å²) in [6, 6.07) is 7.21. The molecule has 0 fully saturated rings. The first kappa shape index (κ1) is 10.6. The zero-order valence-corrected chi connectivity index (χ0v) is 8.53. The summed E-state index contributed by atoms with van der Waals surface area (Å²) in [6.07, 6.45) is 1.79. The topological polar surface area (TPSA) is 41.8 Å². The predicted molar refractivity (Wildman–Crippen MR) is 56.5 cm³/mol. The first-order valence-electron chi connectivity index (χ1n) is 4.57. The van der Waals surface area contributed by atoms with Crippen molar-refractivity contribution in [1.29, 1.82) is 0 Å². The Morgan fingerprint density at radius 3 is 2.57 bits per heavy atom.